The van der Waals surface area contributed by atoms with Gasteiger partial charge in [0, 0.05) is 26.4 Å². The zero-order valence-corrected chi connectivity index (χ0v) is 10.9. The molecule has 2 atom stereocenters. The topological polar surface area (TPSA) is 54.0 Å². The smallest absolute Gasteiger partial charge is 0.308 e. The number of carbonyl (C=O) groups excluding carboxylic acids is 1. The van der Waals surface area contributed by atoms with Crippen molar-refractivity contribution in [3.8, 4) is 12.3 Å². The maximum absolute atomic E-state index is 11.1. The lowest BCUT2D eigenvalue weighted by atomic mass is 9.99. The van der Waals surface area contributed by atoms with Gasteiger partial charge < -0.3 is 9.47 Å². The van der Waals surface area contributed by atoms with Crippen molar-refractivity contribution in [2.75, 3.05) is 14.2 Å². The summed E-state index contributed by atoms with van der Waals surface area (Å²) in [6, 6.07) is 0. The summed E-state index contributed by atoms with van der Waals surface area (Å²) in [6.07, 6.45) is 8.68. The third-order valence-corrected chi connectivity index (χ3v) is 3.06. The third-order valence-electron chi connectivity index (χ3n) is 3.06. The lowest BCUT2D eigenvalue weighted by molar-refractivity contribution is -0.466. The van der Waals surface area contributed by atoms with Gasteiger partial charge in [0.25, 0.3) is 0 Å². The molecule has 1 heterocycles. The van der Waals surface area contributed by atoms with E-state index in [1.807, 2.05) is 0 Å². The first-order valence-corrected chi connectivity index (χ1v) is 6.05. The molecule has 0 aromatic heterocycles. The summed E-state index contributed by atoms with van der Waals surface area (Å²) in [6.45, 7) is 0. The van der Waals surface area contributed by atoms with Crippen LogP contribution in [0.1, 0.15) is 38.5 Å². The number of rotatable bonds is 6. The molecule has 1 saturated heterocycles. The van der Waals surface area contributed by atoms with Crippen LogP contribution in [-0.4, -0.2) is 32.1 Å². The van der Waals surface area contributed by atoms with Gasteiger partial charge in [0.05, 0.1) is 13.5 Å². The lowest BCUT2D eigenvalue weighted by Gasteiger charge is -2.37. The Bertz CT molecular complexity index is 299. The molecule has 0 radical (unpaired) electrons. The minimum atomic E-state index is -0.733. The third kappa shape index (κ3) is 4.30. The van der Waals surface area contributed by atoms with Crippen molar-refractivity contribution >= 4 is 5.97 Å². The molecule has 102 valence electrons. The first kappa shape index (κ1) is 15.0. The number of carbonyl (C=O) groups is 1. The average molecular weight is 256 g/mol. The molecular formula is C13H20O5. The minimum absolute atomic E-state index is 0.195. The summed E-state index contributed by atoms with van der Waals surface area (Å²) in [5, 5.41) is 0. The van der Waals surface area contributed by atoms with Crippen LogP contribution in [0.3, 0.4) is 0 Å². The first-order valence-electron chi connectivity index (χ1n) is 6.05. The monoisotopic (exact) mass is 256 g/mol. The fourth-order valence-electron chi connectivity index (χ4n) is 1.90. The van der Waals surface area contributed by atoms with Gasteiger partial charge in [-0.15, -0.1) is 12.3 Å². The quantitative estimate of drug-likeness (QED) is 0.314. The normalized spacial score (nSPS) is 27.5. The van der Waals surface area contributed by atoms with Crippen LogP contribution >= 0.6 is 0 Å². The summed E-state index contributed by atoms with van der Waals surface area (Å²) in [5.41, 5.74) is 0. The van der Waals surface area contributed by atoms with Gasteiger partial charge in [0.1, 0.15) is 6.10 Å². The Morgan fingerprint density at radius 3 is 2.83 bits per heavy atom. The van der Waals surface area contributed by atoms with Crippen molar-refractivity contribution in [3.63, 3.8) is 0 Å². The highest BCUT2D eigenvalue weighted by Crippen LogP contribution is 2.33. The maximum atomic E-state index is 11.1. The summed E-state index contributed by atoms with van der Waals surface area (Å²) in [5.74, 6) is 1.54. The highest BCUT2D eigenvalue weighted by atomic mass is 17.2. The molecule has 18 heavy (non-hydrogen) atoms. The van der Waals surface area contributed by atoms with E-state index in [0.717, 1.165) is 6.42 Å². The Morgan fingerprint density at radius 1 is 1.56 bits per heavy atom. The summed E-state index contributed by atoms with van der Waals surface area (Å²) in [4.78, 5) is 21.6. The van der Waals surface area contributed by atoms with Crippen molar-refractivity contribution in [2.45, 2.75) is 50.4 Å². The molecule has 1 rings (SSSR count). The standard InChI is InChI=1S/C13H20O5/c1-4-5-6-8-13(16-3)9-7-11(17-18-13)10-12(14)15-2/h1,11H,5-10H2,2-3H3/t11-,13-/m1/s1. The zero-order valence-electron chi connectivity index (χ0n) is 10.9. The van der Waals surface area contributed by atoms with Crippen LogP contribution in [0.25, 0.3) is 0 Å². The molecule has 0 unspecified atom stereocenters. The number of hydrogen-bond acceptors (Lipinski definition) is 5. The number of methoxy groups -OCH3 is 2. The van der Waals surface area contributed by atoms with Gasteiger partial charge in [0.15, 0.2) is 0 Å². The van der Waals surface area contributed by atoms with Crippen molar-refractivity contribution in [1.82, 2.24) is 0 Å². The van der Waals surface area contributed by atoms with E-state index in [1.54, 1.807) is 7.11 Å². The Kier molecular flexibility index (Phi) is 6.13. The second-order valence-corrected chi connectivity index (χ2v) is 4.29. The van der Waals surface area contributed by atoms with E-state index < -0.39 is 5.79 Å². The molecule has 0 aromatic carbocycles. The molecule has 5 heteroatoms. The van der Waals surface area contributed by atoms with Crippen LogP contribution in [0.5, 0.6) is 0 Å². The number of ether oxygens (including phenoxy) is 2. The highest BCUT2D eigenvalue weighted by molar-refractivity contribution is 5.69. The molecule has 1 aliphatic heterocycles. The molecule has 0 N–H and O–H groups in total. The summed E-state index contributed by atoms with van der Waals surface area (Å²) < 4.78 is 9.96. The SMILES string of the molecule is C#CCCC[C@]1(OC)CC[C@H](CC(=O)OC)OO1. The van der Waals surface area contributed by atoms with Crippen LogP contribution in [0, 0.1) is 12.3 Å². The van der Waals surface area contributed by atoms with Gasteiger partial charge in [0.2, 0.25) is 5.79 Å². The molecule has 5 nitrogen and oxygen atoms in total. The van der Waals surface area contributed by atoms with E-state index in [0.29, 0.717) is 25.7 Å². The molecule has 0 aromatic rings. The number of hydrogen-bond donors (Lipinski definition) is 0. The second kappa shape index (κ2) is 7.37. The van der Waals surface area contributed by atoms with E-state index in [2.05, 4.69) is 10.7 Å². The summed E-state index contributed by atoms with van der Waals surface area (Å²) >= 11 is 0. The predicted octanol–water partition coefficient (Wildman–Crippen LogP) is 1.81. The van der Waals surface area contributed by atoms with Gasteiger partial charge in [-0.25, -0.2) is 9.78 Å². The largest absolute Gasteiger partial charge is 0.469 e. The van der Waals surface area contributed by atoms with E-state index in [1.165, 1.54) is 7.11 Å². The zero-order chi connectivity index (χ0) is 13.4. The van der Waals surface area contributed by atoms with Crippen LogP contribution in [0.15, 0.2) is 0 Å². The van der Waals surface area contributed by atoms with Gasteiger partial charge in [-0.05, 0) is 12.8 Å². The van der Waals surface area contributed by atoms with Gasteiger partial charge >= 0.3 is 5.97 Å². The van der Waals surface area contributed by atoms with Gasteiger partial charge in [-0.3, -0.25) is 4.79 Å². The molecule has 0 saturated carbocycles. The van der Waals surface area contributed by atoms with Gasteiger partial charge in [-0.1, -0.05) is 0 Å². The summed E-state index contributed by atoms with van der Waals surface area (Å²) in [7, 11) is 2.94. The van der Waals surface area contributed by atoms with E-state index in [-0.39, 0.29) is 18.5 Å². The maximum Gasteiger partial charge on any atom is 0.308 e. The number of terminal acetylenes is 1. The molecule has 0 aliphatic carbocycles. The lowest BCUT2D eigenvalue weighted by Crippen LogP contribution is -2.42. The number of esters is 1. The molecule has 0 amide bonds. The number of unbranched alkanes of at least 4 members (excludes halogenated alkanes) is 1. The molecular weight excluding hydrogens is 236 g/mol. The highest BCUT2D eigenvalue weighted by Gasteiger charge is 2.38. The second-order valence-electron chi connectivity index (χ2n) is 4.29. The molecule has 1 fully saturated rings. The average Bonchev–Trinajstić information content (AvgIpc) is 2.41. The van der Waals surface area contributed by atoms with E-state index >= 15 is 0 Å². The predicted molar refractivity (Wildman–Crippen MR) is 64.2 cm³/mol. The van der Waals surface area contributed by atoms with Crippen molar-refractivity contribution in [1.29, 1.82) is 0 Å². The Hall–Kier alpha value is -1.09. The molecule has 0 bridgehead atoms. The molecule has 1 aliphatic rings. The fourth-order valence-corrected chi connectivity index (χ4v) is 1.90. The Labute approximate surface area is 108 Å². The van der Waals surface area contributed by atoms with Gasteiger partial charge in [-0.2, -0.15) is 0 Å². The Balaban J connectivity index is 2.39. The van der Waals surface area contributed by atoms with E-state index in [9.17, 15) is 4.79 Å². The van der Waals surface area contributed by atoms with Crippen molar-refractivity contribution in [2.24, 2.45) is 0 Å². The van der Waals surface area contributed by atoms with Crippen molar-refractivity contribution in [3.05, 3.63) is 0 Å². The minimum Gasteiger partial charge on any atom is -0.469 e. The van der Waals surface area contributed by atoms with Crippen molar-refractivity contribution < 1.29 is 24.0 Å². The fraction of sp³-hybridized carbons (Fsp3) is 0.769. The van der Waals surface area contributed by atoms with Crippen LogP contribution in [-0.2, 0) is 24.0 Å². The van der Waals surface area contributed by atoms with Crippen LogP contribution in [0.2, 0.25) is 0 Å². The van der Waals surface area contributed by atoms with E-state index in [4.69, 9.17) is 20.9 Å². The first-order chi connectivity index (χ1) is 8.65. The van der Waals surface area contributed by atoms with Crippen LogP contribution < -0.4 is 0 Å². The van der Waals surface area contributed by atoms with Crippen LogP contribution in [0.4, 0.5) is 0 Å². The Morgan fingerprint density at radius 2 is 2.33 bits per heavy atom. The molecule has 0 spiro atoms.